The Balaban J connectivity index is 1.21. The fourth-order valence-corrected chi connectivity index (χ4v) is 5.90. The van der Waals surface area contributed by atoms with Gasteiger partial charge in [0, 0.05) is 11.5 Å². The molecule has 1 aliphatic carbocycles. The van der Waals surface area contributed by atoms with Gasteiger partial charge in [0.25, 0.3) is 5.56 Å². The van der Waals surface area contributed by atoms with Crippen LogP contribution >= 0.6 is 0 Å². The lowest BCUT2D eigenvalue weighted by atomic mass is 9.98. The highest BCUT2D eigenvalue weighted by atomic mass is 16.1. The SMILES string of the molecule is O=c1[nH]c([C@@H]2CCCN2)nc2cc(-c3ccc4cc(-c5cnc(C6CCCC6)[nH]5)ccc4c3)ccc12. The Kier molecular flexibility index (Phi) is 5.21. The number of imidazole rings is 1. The second-order valence-electron chi connectivity index (χ2n) is 10.3. The first-order chi connectivity index (χ1) is 17.7. The van der Waals surface area contributed by atoms with Crippen LogP contribution < -0.4 is 10.9 Å². The molecule has 6 nitrogen and oxygen atoms in total. The van der Waals surface area contributed by atoms with Gasteiger partial charge in [0.1, 0.15) is 11.6 Å². The number of hydrogen-bond acceptors (Lipinski definition) is 4. The summed E-state index contributed by atoms with van der Waals surface area (Å²) in [6.45, 7) is 0.966. The first kappa shape index (κ1) is 21.5. The maximum Gasteiger partial charge on any atom is 0.258 e. The molecule has 6 heteroatoms. The van der Waals surface area contributed by atoms with Crippen LogP contribution in [-0.2, 0) is 0 Å². The van der Waals surface area contributed by atoms with Crippen LogP contribution in [0.5, 0.6) is 0 Å². The third-order valence-electron chi connectivity index (χ3n) is 7.94. The van der Waals surface area contributed by atoms with Crippen LogP contribution in [0.1, 0.15) is 62.1 Å². The van der Waals surface area contributed by atoms with E-state index in [4.69, 9.17) is 4.98 Å². The van der Waals surface area contributed by atoms with E-state index in [1.54, 1.807) is 0 Å². The summed E-state index contributed by atoms with van der Waals surface area (Å²) in [4.78, 5) is 28.7. The minimum atomic E-state index is -0.0730. The Morgan fingerprint density at radius 1 is 0.750 bits per heavy atom. The monoisotopic (exact) mass is 475 g/mol. The first-order valence-electron chi connectivity index (χ1n) is 13.1. The number of hydrogen-bond donors (Lipinski definition) is 3. The normalized spacial score (nSPS) is 18.5. The van der Waals surface area contributed by atoms with Crippen LogP contribution in [0.15, 0.2) is 65.6 Å². The number of H-pyrrole nitrogens is 2. The van der Waals surface area contributed by atoms with Gasteiger partial charge in [0.15, 0.2) is 0 Å². The van der Waals surface area contributed by atoms with E-state index in [1.807, 2.05) is 24.4 Å². The number of benzene rings is 3. The third-order valence-corrected chi connectivity index (χ3v) is 7.94. The van der Waals surface area contributed by atoms with Crippen LogP contribution in [0.4, 0.5) is 0 Å². The summed E-state index contributed by atoms with van der Waals surface area (Å²) in [5, 5.41) is 6.43. The van der Waals surface area contributed by atoms with E-state index < -0.39 is 0 Å². The van der Waals surface area contributed by atoms with Gasteiger partial charge in [-0.15, -0.1) is 0 Å². The minimum absolute atomic E-state index is 0.0730. The Morgan fingerprint density at radius 3 is 2.31 bits per heavy atom. The van der Waals surface area contributed by atoms with Crippen molar-refractivity contribution in [1.29, 1.82) is 0 Å². The van der Waals surface area contributed by atoms with Gasteiger partial charge < -0.3 is 15.3 Å². The van der Waals surface area contributed by atoms with Crippen LogP contribution in [0, 0.1) is 0 Å². The van der Waals surface area contributed by atoms with Crippen LogP contribution in [-0.4, -0.2) is 26.5 Å². The number of aromatic nitrogens is 4. The van der Waals surface area contributed by atoms with Gasteiger partial charge >= 0.3 is 0 Å². The van der Waals surface area contributed by atoms with Crippen molar-refractivity contribution in [2.24, 2.45) is 0 Å². The molecule has 5 aromatic rings. The summed E-state index contributed by atoms with van der Waals surface area (Å²) >= 11 is 0. The number of nitrogens with zero attached hydrogens (tertiary/aromatic N) is 2. The summed E-state index contributed by atoms with van der Waals surface area (Å²) in [6.07, 6.45) is 9.18. The van der Waals surface area contributed by atoms with Crippen molar-refractivity contribution in [1.82, 2.24) is 25.3 Å². The molecule has 180 valence electrons. The summed E-state index contributed by atoms with van der Waals surface area (Å²) in [5.74, 6) is 2.45. The molecule has 0 radical (unpaired) electrons. The highest BCUT2D eigenvalue weighted by Gasteiger charge is 2.21. The number of aromatic amines is 2. The van der Waals surface area contributed by atoms with Gasteiger partial charge in [-0.05, 0) is 78.4 Å². The fourth-order valence-electron chi connectivity index (χ4n) is 5.90. The van der Waals surface area contributed by atoms with Crippen molar-refractivity contribution >= 4 is 21.7 Å². The largest absolute Gasteiger partial charge is 0.342 e. The molecule has 0 spiro atoms. The molecule has 0 bridgehead atoms. The average Bonchev–Trinajstić information content (AvgIpc) is 3.70. The van der Waals surface area contributed by atoms with Gasteiger partial charge in [-0.25, -0.2) is 9.97 Å². The molecular formula is C30H29N5O. The van der Waals surface area contributed by atoms with E-state index in [9.17, 15) is 4.79 Å². The van der Waals surface area contributed by atoms with Crippen molar-refractivity contribution in [3.8, 4) is 22.4 Å². The van der Waals surface area contributed by atoms with E-state index in [-0.39, 0.29) is 11.6 Å². The Bertz CT molecular complexity index is 1640. The molecular weight excluding hydrogens is 446 g/mol. The Hall–Kier alpha value is -3.77. The van der Waals surface area contributed by atoms with E-state index in [1.165, 1.54) is 36.5 Å². The Morgan fingerprint density at radius 2 is 1.50 bits per heavy atom. The van der Waals surface area contributed by atoms with Gasteiger partial charge in [-0.2, -0.15) is 0 Å². The van der Waals surface area contributed by atoms with E-state index in [0.717, 1.165) is 58.9 Å². The van der Waals surface area contributed by atoms with Crippen molar-refractivity contribution in [2.75, 3.05) is 6.54 Å². The van der Waals surface area contributed by atoms with E-state index in [0.29, 0.717) is 11.3 Å². The molecule has 2 aromatic heterocycles. The molecule has 1 saturated heterocycles. The smallest absolute Gasteiger partial charge is 0.258 e. The molecule has 0 amide bonds. The van der Waals surface area contributed by atoms with Crippen LogP contribution in [0.2, 0.25) is 0 Å². The molecule has 3 aromatic carbocycles. The second-order valence-corrected chi connectivity index (χ2v) is 10.3. The lowest BCUT2D eigenvalue weighted by molar-refractivity contribution is 0.606. The van der Waals surface area contributed by atoms with Crippen LogP contribution in [0.3, 0.4) is 0 Å². The lowest BCUT2D eigenvalue weighted by Gasteiger charge is -2.11. The summed E-state index contributed by atoms with van der Waals surface area (Å²) in [6, 6.07) is 19.2. The molecule has 3 N–H and O–H groups in total. The molecule has 7 rings (SSSR count). The molecule has 1 saturated carbocycles. The van der Waals surface area contributed by atoms with E-state index in [2.05, 4.69) is 56.7 Å². The number of fused-ring (bicyclic) bond motifs is 2. The van der Waals surface area contributed by atoms with Crippen molar-refractivity contribution in [3.63, 3.8) is 0 Å². The summed E-state index contributed by atoms with van der Waals surface area (Å²) in [5.41, 5.74) is 5.09. The average molecular weight is 476 g/mol. The van der Waals surface area contributed by atoms with Gasteiger partial charge in [-0.1, -0.05) is 43.2 Å². The molecule has 2 aliphatic rings. The maximum atomic E-state index is 12.7. The summed E-state index contributed by atoms with van der Waals surface area (Å²) in [7, 11) is 0. The van der Waals surface area contributed by atoms with Crippen molar-refractivity contribution in [3.05, 3.63) is 82.8 Å². The fraction of sp³-hybridized carbons (Fsp3) is 0.300. The minimum Gasteiger partial charge on any atom is -0.342 e. The first-order valence-corrected chi connectivity index (χ1v) is 13.1. The van der Waals surface area contributed by atoms with Gasteiger partial charge in [-0.3, -0.25) is 4.79 Å². The predicted molar refractivity (Wildman–Crippen MR) is 144 cm³/mol. The molecule has 1 atom stereocenters. The molecule has 36 heavy (non-hydrogen) atoms. The highest BCUT2D eigenvalue weighted by molar-refractivity contribution is 5.92. The third kappa shape index (κ3) is 3.82. The van der Waals surface area contributed by atoms with Crippen LogP contribution in [0.25, 0.3) is 44.1 Å². The van der Waals surface area contributed by atoms with Crippen molar-refractivity contribution < 1.29 is 0 Å². The standard InChI is InChI=1S/C30H29N5O/c36-30-24-12-11-22(16-26(24)33-29(35-30)25-6-3-13-31-25)20-7-8-21-15-23(10-9-19(21)14-20)27-17-32-28(34-27)18-4-1-2-5-18/h7-12,14-18,25,31H,1-6,13H2,(H,32,34)(H,33,35,36)/t25-/m0/s1. The Labute approximate surface area is 209 Å². The zero-order valence-electron chi connectivity index (χ0n) is 20.2. The quantitative estimate of drug-likeness (QED) is 0.288. The maximum absolute atomic E-state index is 12.7. The molecule has 2 fully saturated rings. The van der Waals surface area contributed by atoms with Gasteiger partial charge in [0.05, 0.1) is 28.8 Å². The predicted octanol–water partition coefficient (Wildman–Crippen LogP) is 6.22. The van der Waals surface area contributed by atoms with Gasteiger partial charge in [0.2, 0.25) is 0 Å². The number of nitrogens with one attached hydrogen (secondary N) is 3. The van der Waals surface area contributed by atoms with Crippen molar-refractivity contribution in [2.45, 2.75) is 50.5 Å². The molecule has 0 unspecified atom stereocenters. The molecule has 1 aliphatic heterocycles. The lowest BCUT2D eigenvalue weighted by Crippen LogP contribution is -2.20. The second kappa shape index (κ2) is 8.71. The number of rotatable bonds is 4. The van der Waals surface area contributed by atoms with E-state index >= 15 is 0 Å². The zero-order valence-corrected chi connectivity index (χ0v) is 20.2. The topological polar surface area (TPSA) is 86.5 Å². The highest BCUT2D eigenvalue weighted by Crippen LogP contribution is 2.34. The summed E-state index contributed by atoms with van der Waals surface area (Å²) < 4.78 is 0. The molecule has 3 heterocycles. The zero-order chi connectivity index (χ0) is 24.1.